The number of likely N-dealkylation sites (N-methyl/N-ethyl adjacent to an activating group) is 1. The Morgan fingerprint density at radius 2 is 1.53 bits per heavy atom. The minimum absolute atomic E-state index is 0.00173. The maximum Gasteiger partial charge on any atom is 0.255 e. The molecule has 18 nitrogen and oxygen atoms in total. The lowest BCUT2D eigenvalue weighted by molar-refractivity contribution is -0.141. The van der Waals surface area contributed by atoms with Gasteiger partial charge in [0.25, 0.3) is 5.91 Å². The summed E-state index contributed by atoms with van der Waals surface area (Å²) in [6.45, 7) is 7.24. The summed E-state index contributed by atoms with van der Waals surface area (Å²) < 4.78 is 12.2. The van der Waals surface area contributed by atoms with E-state index < -0.39 is 53.7 Å². The van der Waals surface area contributed by atoms with E-state index in [1.165, 1.54) is 24.4 Å². The Balaban J connectivity index is 1.53. The van der Waals surface area contributed by atoms with Crippen molar-refractivity contribution in [2.75, 3.05) is 46.4 Å². The fourth-order valence-corrected chi connectivity index (χ4v) is 7.72. The van der Waals surface area contributed by atoms with E-state index in [1.54, 1.807) is 50.2 Å². The number of nitrogens with two attached hydrogens (primary N) is 3. The third-order valence-electron chi connectivity index (χ3n) is 11.2. The fourth-order valence-electron chi connectivity index (χ4n) is 7.72. The maximum absolute atomic E-state index is 14.7. The largest absolute Gasteiger partial charge is 0.492 e. The van der Waals surface area contributed by atoms with Crippen LogP contribution in [0.4, 0.5) is 0 Å². The number of hydrogen-bond acceptors (Lipinski definition) is 13. The van der Waals surface area contributed by atoms with Crippen molar-refractivity contribution in [1.29, 1.82) is 5.26 Å². The molecule has 1 aliphatic heterocycles. The number of nitriles is 1. The monoisotopic (exact) mass is 927 g/mol. The first-order chi connectivity index (χ1) is 32.7. The van der Waals surface area contributed by atoms with Gasteiger partial charge in [-0.15, -0.1) is 0 Å². The summed E-state index contributed by atoms with van der Waals surface area (Å²) in [5.74, 6) is 3.67. The highest BCUT2D eigenvalue weighted by Gasteiger charge is 2.36. The van der Waals surface area contributed by atoms with Crippen LogP contribution in [0.25, 0.3) is 11.1 Å². The number of unbranched alkanes of at least 4 members (excludes halogenated alkanes) is 1. The van der Waals surface area contributed by atoms with Crippen LogP contribution in [0.3, 0.4) is 0 Å². The second kappa shape index (κ2) is 24.9. The normalized spacial score (nSPS) is 16.0. The van der Waals surface area contributed by atoms with Gasteiger partial charge in [-0.25, -0.2) is 9.97 Å². The molecule has 4 unspecified atom stereocenters. The zero-order valence-corrected chi connectivity index (χ0v) is 39.2. The first kappa shape index (κ1) is 51.6. The number of benzene rings is 3. The van der Waals surface area contributed by atoms with Crippen molar-refractivity contribution in [3.8, 4) is 40.5 Å². The van der Waals surface area contributed by atoms with E-state index in [0.717, 1.165) is 24.8 Å². The van der Waals surface area contributed by atoms with Crippen LogP contribution in [0.15, 0.2) is 60.7 Å². The van der Waals surface area contributed by atoms with Crippen LogP contribution in [-0.2, 0) is 32.0 Å². The Bertz CT molecular complexity index is 2540. The molecule has 0 saturated carbocycles. The van der Waals surface area contributed by atoms with Crippen LogP contribution in [-0.4, -0.2) is 109 Å². The smallest absolute Gasteiger partial charge is 0.255 e. The van der Waals surface area contributed by atoms with Crippen LogP contribution in [0.5, 0.6) is 11.5 Å². The summed E-state index contributed by atoms with van der Waals surface area (Å²) in [5, 5.41) is 19.9. The van der Waals surface area contributed by atoms with Crippen molar-refractivity contribution < 1.29 is 33.4 Å². The average Bonchev–Trinajstić information content (AvgIpc) is 3.32. The van der Waals surface area contributed by atoms with E-state index in [4.69, 9.17) is 26.7 Å². The van der Waals surface area contributed by atoms with Crippen molar-refractivity contribution >= 4 is 29.5 Å². The molecule has 358 valence electrons. The number of aryl methyl sites for hydroxylation is 3. The molecule has 4 aromatic rings. The molecule has 18 heteroatoms. The summed E-state index contributed by atoms with van der Waals surface area (Å²) in [4.78, 5) is 80.7. The van der Waals surface area contributed by atoms with Crippen LogP contribution in [0.1, 0.15) is 89.0 Å². The lowest BCUT2D eigenvalue weighted by atomic mass is 9.93. The zero-order valence-electron chi connectivity index (χ0n) is 39.2. The van der Waals surface area contributed by atoms with Crippen LogP contribution in [0.2, 0.25) is 0 Å². The van der Waals surface area contributed by atoms with Gasteiger partial charge in [0.05, 0.1) is 23.0 Å². The van der Waals surface area contributed by atoms with E-state index in [9.17, 15) is 29.2 Å². The van der Waals surface area contributed by atoms with Crippen molar-refractivity contribution in [1.82, 2.24) is 36.1 Å². The van der Waals surface area contributed by atoms with Gasteiger partial charge in [-0.05, 0) is 106 Å². The topological polar surface area (TPSA) is 283 Å². The first-order valence-corrected chi connectivity index (χ1v) is 22.7. The number of nitrogens with zero attached hydrogens (tertiary/aromatic N) is 4. The van der Waals surface area contributed by atoms with Gasteiger partial charge in [0.15, 0.2) is 0 Å². The van der Waals surface area contributed by atoms with Gasteiger partial charge in [0.2, 0.25) is 29.5 Å². The minimum atomic E-state index is -1.41. The summed E-state index contributed by atoms with van der Waals surface area (Å²) >= 11 is 0. The third kappa shape index (κ3) is 13.4. The Hall–Kier alpha value is -7.38. The molecule has 5 amide bonds. The first-order valence-electron chi connectivity index (χ1n) is 22.7. The number of amides is 5. The van der Waals surface area contributed by atoms with E-state index in [-0.39, 0.29) is 63.6 Å². The summed E-state index contributed by atoms with van der Waals surface area (Å²) in [6.07, 6.45) is 3.20. The second-order valence-corrected chi connectivity index (χ2v) is 16.3. The lowest BCUT2D eigenvalue weighted by Gasteiger charge is -2.32. The Morgan fingerprint density at radius 3 is 2.15 bits per heavy atom. The minimum Gasteiger partial charge on any atom is -0.492 e. The summed E-state index contributed by atoms with van der Waals surface area (Å²) in [7, 11) is 1.41. The maximum atomic E-state index is 14.7. The number of ether oxygens (including phenoxy) is 2. The highest BCUT2D eigenvalue weighted by Crippen LogP contribution is 2.40. The molecule has 0 saturated heterocycles. The molecule has 1 aromatic heterocycles. The van der Waals surface area contributed by atoms with Crippen LogP contribution in [0, 0.1) is 37.0 Å². The fraction of sp³-hybridized carbons (Fsp3) is 0.400. The van der Waals surface area contributed by atoms with E-state index in [2.05, 4.69) is 62.1 Å². The lowest BCUT2D eigenvalue weighted by Crippen LogP contribution is -2.56. The molecule has 0 radical (unpaired) electrons. The second-order valence-electron chi connectivity index (χ2n) is 16.3. The quantitative estimate of drug-likeness (QED) is 0.0590. The van der Waals surface area contributed by atoms with Crippen LogP contribution >= 0.6 is 0 Å². The molecule has 68 heavy (non-hydrogen) atoms. The molecule has 10 N–H and O–H groups in total. The number of nitrogens with one attached hydrogen (secondary N) is 4. The molecular weight excluding hydrogens is 867 g/mol. The molecule has 4 bridgehead atoms. The summed E-state index contributed by atoms with van der Waals surface area (Å²) in [6, 6.07) is 15.0. The highest BCUT2D eigenvalue weighted by molar-refractivity contribution is 6.00. The molecule has 1 aliphatic rings. The zero-order chi connectivity index (χ0) is 49.3. The van der Waals surface area contributed by atoms with Crippen LogP contribution < -0.4 is 47.9 Å². The van der Waals surface area contributed by atoms with Crippen molar-refractivity contribution in [2.24, 2.45) is 17.2 Å². The number of carbonyl (C=O) groups is 5. The SMILES string of the molecule is CCCCc1ccc(C#Cc2nc(C)c(C(=O)NC(CCN)C(=O)N(C)C3C(=O)NC(C)C(=O)NC(C(=O)NCC#N)Cc4ccc(OCCN)c(c4)-c4cc3ccc4OCCN)c(C)n2)cc1. The van der Waals surface area contributed by atoms with Gasteiger partial charge in [0.1, 0.15) is 55.4 Å². The standard InChI is InChI=1S/C50H61N11O7/c1-6-7-8-33-9-11-34(12-10-33)14-18-43-56-30(2)44(31(3)57-43)48(64)59-39(19-20-51)50(66)61(5)45-36-15-17-42(68-26-23-54)38(29-36)37-27-35(13-16-41(37)67-25-22-53)28-40(47(63)55-24-21-52)60-46(62)32(4)58-49(45)65/h9-13,15-17,27,29,32,39-40,45H,6-8,19-20,22-26,28,51,53-54H2,1-5H3,(H,55,63)(H,58,65)(H,59,64)(H,60,62). The van der Waals surface area contributed by atoms with Gasteiger partial charge in [-0.3, -0.25) is 24.0 Å². The molecular formula is C50H61N11O7. The Kier molecular flexibility index (Phi) is 18.9. The third-order valence-corrected chi connectivity index (χ3v) is 11.2. The number of carbonyl (C=O) groups excluding carboxylic acids is 5. The van der Waals surface area contributed by atoms with Gasteiger partial charge < -0.3 is 52.8 Å². The van der Waals surface area contributed by atoms with Gasteiger partial charge in [-0.2, -0.15) is 5.26 Å². The molecule has 4 atom stereocenters. The highest BCUT2D eigenvalue weighted by atomic mass is 16.5. The van der Waals surface area contributed by atoms with Crippen molar-refractivity contribution in [3.05, 3.63) is 106 Å². The van der Waals surface area contributed by atoms with Crippen molar-refractivity contribution in [2.45, 2.75) is 84.0 Å². The summed E-state index contributed by atoms with van der Waals surface area (Å²) in [5.41, 5.74) is 22.4. The Morgan fingerprint density at radius 1 is 0.882 bits per heavy atom. The number of fused-ring (bicyclic) bond motifs is 5. The van der Waals surface area contributed by atoms with E-state index in [1.807, 2.05) is 18.2 Å². The molecule has 5 rings (SSSR count). The molecule has 2 heterocycles. The molecule has 0 fully saturated rings. The van der Waals surface area contributed by atoms with Gasteiger partial charge in [0, 0.05) is 43.2 Å². The molecule has 3 aromatic carbocycles. The number of rotatable bonds is 17. The van der Waals surface area contributed by atoms with E-state index >= 15 is 0 Å². The molecule has 0 aliphatic carbocycles. The van der Waals surface area contributed by atoms with Gasteiger partial charge in [-0.1, -0.05) is 43.5 Å². The van der Waals surface area contributed by atoms with E-state index in [0.29, 0.717) is 45.1 Å². The number of hydrogen-bond donors (Lipinski definition) is 7. The van der Waals surface area contributed by atoms with Crippen molar-refractivity contribution in [3.63, 3.8) is 0 Å². The average molecular weight is 928 g/mol. The number of aromatic nitrogens is 2. The Labute approximate surface area is 397 Å². The molecule has 0 spiro atoms. The predicted octanol–water partition coefficient (Wildman–Crippen LogP) is 2.01. The predicted molar refractivity (Wildman–Crippen MR) is 256 cm³/mol. The van der Waals surface area contributed by atoms with Gasteiger partial charge >= 0.3 is 0 Å².